The van der Waals surface area contributed by atoms with Crippen LogP contribution < -0.4 is 5.32 Å². The van der Waals surface area contributed by atoms with E-state index >= 15 is 0 Å². The summed E-state index contributed by atoms with van der Waals surface area (Å²) in [6.45, 7) is 6.49. The summed E-state index contributed by atoms with van der Waals surface area (Å²) >= 11 is 12.1. The van der Waals surface area contributed by atoms with Gasteiger partial charge in [-0.2, -0.15) is 0 Å². The predicted molar refractivity (Wildman–Crippen MR) is 74.7 cm³/mol. The monoisotopic (exact) mass is 271 g/mol. The molecular formula is C14H19Cl2N. The number of rotatable bonds is 5. The molecule has 0 bridgehead atoms. The Morgan fingerprint density at radius 1 is 1.29 bits per heavy atom. The molecular weight excluding hydrogens is 253 g/mol. The fourth-order valence-electron chi connectivity index (χ4n) is 2.25. The molecule has 0 radical (unpaired) electrons. The van der Waals surface area contributed by atoms with Gasteiger partial charge < -0.3 is 5.32 Å². The molecule has 1 aromatic carbocycles. The SMILES string of the molecule is CC(C)C1(CNCc2cccc(Cl)c2Cl)CC1. The number of hydrogen-bond donors (Lipinski definition) is 1. The zero-order chi connectivity index (χ0) is 12.5. The van der Waals surface area contributed by atoms with Crippen LogP contribution in [0.25, 0.3) is 0 Å². The minimum Gasteiger partial charge on any atom is -0.312 e. The van der Waals surface area contributed by atoms with Crippen molar-refractivity contribution in [3.8, 4) is 0 Å². The van der Waals surface area contributed by atoms with Gasteiger partial charge in [-0.25, -0.2) is 0 Å². The third-order valence-corrected chi connectivity index (χ3v) is 4.80. The molecule has 1 aromatic rings. The standard InChI is InChI=1S/C14H19Cl2N/c1-10(2)14(6-7-14)9-17-8-11-4-3-5-12(15)13(11)16/h3-5,10,17H,6-9H2,1-2H3. The van der Waals surface area contributed by atoms with E-state index in [2.05, 4.69) is 19.2 Å². The topological polar surface area (TPSA) is 12.0 Å². The lowest BCUT2D eigenvalue weighted by molar-refractivity contribution is 0.338. The molecule has 2 rings (SSSR count). The molecule has 0 unspecified atom stereocenters. The van der Waals surface area contributed by atoms with Crippen molar-refractivity contribution in [1.82, 2.24) is 5.32 Å². The van der Waals surface area contributed by atoms with Gasteiger partial charge in [-0.05, 0) is 35.8 Å². The normalized spacial score (nSPS) is 17.5. The summed E-state index contributed by atoms with van der Waals surface area (Å²) in [7, 11) is 0. The molecule has 1 saturated carbocycles. The average Bonchev–Trinajstić information content (AvgIpc) is 3.05. The Morgan fingerprint density at radius 2 is 2.00 bits per heavy atom. The van der Waals surface area contributed by atoms with Crippen LogP contribution in [0.1, 0.15) is 32.3 Å². The Labute approximate surface area is 114 Å². The lowest BCUT2D eigenvalue weighted by Crippen LogP contribution is -2.27. The first-order valence-electron chi connectivity index (χ1n) is 6.19. The van der Waals surface area contributed by atoms with E-state index in [-0.39, 0.29) is 0 Å². The summed E-state index contributed by atoms with van der Waals surface area (Å²) in [5, 5.41) is 4.82. The van der Waals surface area contributed by atoms with Crippen LogP contribution in [-0.2, 0) is 6.54 Å². The van der Waals surface area contributed by atoms with Crippen LogP contribution in [-0.4, -0.2) is 6.54 Å². The first kappa shape index (κ1) is 13.2. The largest absolute Gasteiger partial charge is 0.312 e. The van der Waals surface area contributed by atoms with Gasteiger partial charge in [0.1, 0.15) is 0 Å². The van der Waals surface area contributed by atoms with Gasteiger partial charge in [0.05, 0.1) is 10.0 Å². The lowest BCUT2D eigenvalue weighted by atomic mass is 9.92. The van der Waals surface area contributed by atoms with Crippen LogP contribution in [0, 0.1) is 11.3 Å². The Bertz CT molecular complexity index is 397. The molecule has 0 heterocycles. The molecule has 3 heteroatoms. The van der Waals surface area contributed by atoms with Crippen molar-refractivity contribution < 1.29 is 0 Å². The predicted octanol–water partition coefficient (Wildman–Crippen LogP) is 4.52. The van der Waals surface area contributed by atoms with Crippen LogP contribution in [0.15, 0.2) is 18.2 Å². The summed E-state index contributed by atoms with van der Waals surface area (Å²) in [5.41, 5.74) is 1.61. The minimum absolute atomic E-state index is 0.533. The average molecular weight is 272 g/mol. The zero-order valence-electron chi connectivity index (χ0n) is 10.4. The van der Waals surface area contributed by atoms with E-state index in [1.54, 1.807) is 0 Å². The summed E-state index contributed by atoms with van der Waals surface area (Å²) in [4.78, 5) is 0. The highest BCUT2D eigenvalue weighted by Gasteiger charge is 2.44. The number of hydrogen-bond acceptors (Lipinski definition) is 1. The van der Waals surface area contributed by atoms with E-state index < -0.39 is 0 Å². The van der Waals surface area contributed by atoms with E-state index in [0.717, 1.165) is 24.6 Å². The molecule has 0 aromatic heterocycles. The maximum absolute atomic E-state index is 6.15. The van der Waals surface area contributed by atoms with Gasteiger partial charge in [0.15, 0.2) is 0 Å². The van der Waals surface area contributed by atoms with Crippen LogP contribution >= 0.6 is 23.2 Å². The molecule has 0 saturated heterocycles. The maximum atomic E-state index is 6.15. The van der Waals surface area contributed by atoms with Gasteiger partial charge in [-0.15, -0.1) is 0 Å². The van der Waals surface area contributed by atoms with Crippen molar-refractivity contribution in [2.24, 2.45) is 11.3 Å². The molecule has 1 aliphatic rings. The second kappa shape index (κ2) is 5.17. The van der Waals surface area contributed by atoms with Crippen LogP contribution in [0.3, 0.4) is 0 Å². The first-order chi connectivity index (χ1) is 8.05. The van der Waals surface area contributed by atoms with Gasteiger partial charge in [-0.1, -0.05) is 49.2 Å². The van der Waals surface area contributed by atoms with E-state index in [1.165, 1.54) is 12.8 Å². The number of benzene rings is 1. The molecule has 1 fully saturated rings. The lowest BCUT2D eigenvalue weighted by Gasteiger charge is -2.20. The van der Waals surface area contributed by atoms with E-state index in [9.17, 15) is 0 Å². The van der Waals surface area contributed by atoms with Gasteiger partial charge in [-0.3, -0.25) is 0 Å². The summed E-state index contributed by atoms with van der Waals surface area (Å²) in [5.74, 6) is 0.754. The van der Waals surface area contributed by atoms with Gasteiger partial charge in [0.25, 0.3) is 0 Å². The summed E-state index contributed by atoms with van der Waals surface area (Å²) in [6, 6.07) is 5.79. The molecule has 1 nitrogen and oxygen atoms in total. The van der Waals surface area contributed by atoms with Gasteiger partial charge in [0, 0.05) is 13.1 Å². The van der Waals surface area contributed by atoms with Crippen molar-refractivity contribution in [3.05, 3.63) is 33.8 Å². The highest BCUT2D eigenvalue weighted by Crippen LogP contribution is 2.51. The molecule has 0 amide bonds. The Hall–Kier alpha value is -0.240. The van der Waals surface area contributed by atoms with Crippen molar-refractivity contribution in [1.29, 1.82) is 0 Å². The van der Waals surface area contributed by atoms with E-state index in [0.29, 0.717) is 15.5 Å². The van der Waals surface area contributed by atoms with Crippen LogP contribution in [0.2, 0.25) is 10.0 Å². The van der Waals surface area contributed by atoms with Gasteiger partial charge in [0.2, 0.25) is 0 Å². The zero-order valence-corrected chi connectivity index (χ0v) is 11.9. The minimum atomic E-state index is 0.533. The Morgan fingerprint density at radius 3 is 2.59 bits per heavy atom. The highest BCUT2D eigenvalue weighted by molar-refractivity contribution is 6.42. The van der Waals surface area contributed by atoms with Crippen molar-refractivity contribution in [2.45, 2.75) is 33.2 Å². The fourth-order valence-corrected chi connectivity index (χ4v) is 2.64. The molecule has 0 aliphatic heterocycles. The quantitative estimate of drug-likeness (QED) is 0.831. The summed E-state index contributed by atoms with van der Waals surface area (Å²) in [6.07, 6.45) is 2.70. The van der Waals surface area contributed by atoms with Crippen molar-refractivity contribution in [3.63, 3.8) is 0 Å². The number of halogens is 2. The second-order valence-corrected chi connectivity index (χ2v) is 6.12. The van der Waals surface area contributed by atoms with Crippen LogP contribution in [0.5, 0.6) is 0 Å². The van der Waals surface area contributed by atoms with Crippen molar-refractivity contribution >= 4 is 23.2 Å². The highest BCUT2D eigenvalue weighted by atomic mass is 35.5. The maximum Gasteiger partial charge on any atom is 0.0637 e. The smallest absolute Gasteiger partial charge is 0.0637 e. The third-order valence-electron chi connectivity index (χ3n) is 3.94. The Kier molecular flexibility index (Phi) is 4.02. The molecule has 17 heavy (non-hydrogen) atoms. The molecule has 0 atom stereocenters. The molecule has 0 spiro atoms. The molecule has 1 aliphatic carbocycles. The van der Waals surface area contributed by atoms with E-state index in [1.807, 2.05) is 18.2 Å². The van der Waals surface area contributed by atoms with E-state index in [4.69, 9.17) is 23.2 Å². The van der Waals surface area contributed by atoms with Crippen molar-refractivity contribution in [2.75, 3.05) is 6.54 Å². The first-order valence-corrected chi connectivity index (χ1v) is 6.94. The molecule has 94 valence electrons. The van der Waals surface area contributed by atoms with Crippen LogP contribution in [0.4, 0.5) is 0 Å². The summed E-state index contributed by atoms with van der Waals surface area (Å²) < 4.78 is 0. The van der Waals surface area contributed by atoms with Gasteiger partial charge >= 0.3 is 0 Å². The molecule has 1 N–H and O–H groups in total. The second-order valence-electron chi connectivity index (χ2n) is 5.33. The third kappa shape index (κ3) is 2.96. The number of nitrogens with one attached hydrogen (secondary N) is 1. The Balaban J connectivity index is 1.89. The fraction of sp³-hybridized carbons (Fsp3) is 0.571.